The normalized spacial score (nSPS) is 27.0. The van der Waals surface area contributed by atoms with Crippen molar-refractivity contribution in [1.82, 2.24) is 0 Å². The minimum atomic E-state index is -4.82. The summed E-state index contributed by atoms with van der Waals surface area (Å²) >= 11 is 0. The summed E-state index contributed by atoms with van der Waals surface area (Å²) in [5.41, 5.74) is -0.879. The first kappa shape index (κ1) is 18.9. The van der Waals surface area contributed by atoms with Gasteiger partial charge in [-0.1, -0.05) is 6.92 Å². The summed E-state index contributed by atoms with van der Waals surface area (Å²) in [7, 11) is -3.57. The summed E-state index contributed by atoms with van der Waals surface area (Å²) in [5.74, 6) is -2.32. The van der Waals surface area contributed by atoms with Gasteiger partial charge in [-0.25, -0.2) is 0 Å². The van der Waals surface area contributed by atoms with Crippen LogP contribution in [0.5, 0.6) is 0 Å². The zero-order valence-electron chi connectivity index (χ0n) is 11.1. The van der Waals surface area contributed by atoms with Crippen LogP contribution >= 0.6 is 0 Å². The number of carbonyl (C=O) groups is 2. The van der Waals surface area contributed by atoms with E-state index in [4.69, 9.17) is 4.55 Å². The Morgan fingerprint density at radius 3 is 2.47 bits per heavy atom. The molecule has 0 bridgehead atoms. The number of methoxy groups -OCH3 is 1. The number of carbonyl (C=O) groups excluding carboxylic acids is 2. The van der Waals surface area contributed by atoms with E-state index in [2.05, 4.69) is 8.92 Å². The standard InChI is InChI=1S/C10H15O7S.Na/c1-10(9(12)16-2)5-3-4-7(6-10)8(11)17-18(13,14)15;/h3,7H,4-6H2,1-2H3,(H,13,14,15);/q-1;+1. The van der Waals surface area contributed by atoms with E-state index in [0.717, 1.165) is 0 Å². The topological polar surface area (TPSA) is 107 Å². The van der Waals surface area contributed by atoms with Gasteiger partial charge in [-0.2, -0.15) is 21.3 Å². The molecule has 1 saturated carbocycles. The minimum Gasteiger partial charge on any atom is -0.469 e. The molecule has 0 aromatic heterocycles. The summed E-state index contributed by atoms with van der Waals surface area (Å²) in [4.78, 5) is 23.1. The second kappa shape index (κ2) is 7.03. The molecule has 1 rings (SSSR count). The van der Waals surface area contributed by atoms with E-state index >= 15 is 0 Å². The van der Waals surface area contributed by atoms with Crippen molar-refractivity contribution in [2.75, 3.05) is 7.11 Å². The summed E-state index contributed by atoms with van der Waals surface area (Å²) in [6.45, 7) is 1.63. The van der Waals surface area contributed by atoms with Crippen molar-refractivity contribution >= 4 is 22.3 Å². The molecule has 0 aromatic carbocycles. The molecule has 19 heavy (non-hydrogen) atoms. The van der Waals surface area contributed by atoms with Gasteiger partial charge in [0.05, 0.1) is 7.11 Å². The monoisotopic (exact) mass is 302 g/mol. The quantitative estimate of drug-likeness (QED) is 0.266. The Hall–Kier alpha value is -0.150. The molecule has 2 atom stereocenters. The Balaban J connectivity index is 0.00000324. The van der Waals surface area contributed by atoms with Gasteiger partial charge in [0.15, 0.2) is 0 Å². The molecule has 0 saturated heterocycles. The van der Waals surface area contributed by atoms with Gasteiger partial charge in [0.1, 0.15) is 0 Å². The van der Waals surface area contributed by atoms with E-state index in [1.54, 1.807) is 13.3 Å². The molecule has 2 unspecified atom stereocenters. The zero-order valence-corrected chi connectivity index (χ0v) is 13.9. The molecule has 7 nitrogen and oxygen atoms in total. The Morgan fingerprint density at radius 1 is 1.42 bits per heavy atom. The number of rotatable bonds is 3. The van der Waals surface area contributed by atoms with Gasteiger partial charge in [0.2, 0.25) is 0 Å². The second-order valence-corrected chi connectivity index (χ2v) is 5.53. The Kier molecular flexibility index (Phi) is 6.97. The molecule has 0 aliphatic heterocycles. The van der Waals surface area contributed by atoms with Crippen LogP contribution < -0.4 is 29.6 Å². The van der Waals surface area contributed by atoms with Gasteiger partial charge < -0.3 is 15.3 Å². The number of hydrogen-bond acceptors (Lipinski definition) is 6. The van der Waals surface area contributed by atoms with Gasteiger partial charge in [-0.15, -0.1) is 0 Å². The molecular formula is C10H15NaO7S. The Morgan fingerprint density at radius 2 is 2.00 bits per heavy atom. The Labute approximate surface area is 134 Å². The summed E-state index contributed by atoms with van der Waals surface area (Å²) in [6, 6.07) is 0. The number of esters is 1. The molecule has 1 fully saturated rings. The Bertz CT molecular complexity index is 447. The molecule has 0 aromatic rings. The molecule has 1 aliphatic rings. The smallest absolute Gasteiger partial charge is 0.469 e. The van der Waals surface area contributed by atoms with Crippen molar-refractivity contribution in [3.63, 3.8) is 0 Å². The maximum absolute atomic E-state index is 11.6. The fraction of sp³-hybridized carbons (Fsp3) is 0.700. The van der Waals surface area contributed by atoms with Crippen molar-refractivity contribution in [1.29, 1.82) is 0 Å². The van der Waals surface area contributed by atoms with Crippen LogP contribution in [0.2, 0.25) is 0 Å². The predicted molar refractivity (Wildman–Crippen MR) is 59.4 cm³/mol. The first-order chi connectivity index (χ1) is 8.18. The predicted octanol–water partition coefficient (Wildman–Crippen LogP) is -2.48. The summed E-state index contributed by atoms with van der Waals surface area (Å²) in [6.07, 6.45) is 2.55. The van der Waals surface area contributed by atoms with Crippen molar-refractivity contribution in [3.05, 3.63) is 6.42 Å². The molecule has 104 valence electrons. The summed E-state index contributed by atoms with van der Waals surface area (Å²) in [5, 5.41) is 0. The third kappa shape index (κ3) is 5.39. The van der Waals surface area contributed by atoms with Gasteiger partial charge in [-0.05, 0) is 6.42 Å². The average molecular weight is 302 g/mol. The largest absolute Gasteiger partial charge is 1.00 e. The van der Waals surface area contributed by atoms with Crippen LogP contribution in [0.1, 0.15) is 26.2 Å². The van der Waals surface area contributed by atoms with Crippen molar-refractivity contribution < 1.29 is 61.0 Å². The first-order valence-corrected chi connectivity index (χ1v) is 6.65. The summed E-state index contributed by atoms with van der Waals surface area (Å²) < 4.78 is 37.9. The van der Waals surface area contributed by atoms with Crippen molar-refractivity contribution in [3.8, 4) is 0 Å². The van der Waals surface area contributed by atoms with Gasteiger partial charge in [0, 0.05) is 11.3 Å². The first-order valence-electron chi connectivity index (χ1n) is 5.29. The number of hydrogen-bond donors (Lipinski definition) is 1. The maximum Gasteiger partial charge on any atom is 1.00 e. The molecule has 1 N–H and O–H groups in total. The molecule has 0 radical (unpaired) electrons. The second-order valence-electron chi connectivity index (χ2n) is 4.51. The van der Waals surface area contributed by atoms with Crippen LogP contribution in [0.3, 0.4) is 0 Å². The van der Waals surface area contributed by atoms with E-state index in [1.165, 1.54) is 7.11 Å². The molecular weight excluding hydrogens is 287 g/mol. The zero-order chi connectivity index (χ0) is 14.0. The van der Waals surface area contributed by atoms with Gasteiger partial charge >= 0.3 is 51.9 Å². The van der Waals surface area contributed by atoms with Crippen molar-refractivity contribution in [2.24, 2.45) is 11.3 Å². The van der Waals surface area contributed by atoms with Crippen LogP contribution in [-0.4, -0.2) is 32.0 Å². The molecule has 0 spiro atoms. The van der Waals surface area contributed by atoms with E-state index in [1.807, 2.05) is 0 Å². The average Bonchev–Trinajstić information content (AvgIpc) is 2.25. The van der Waals surface area contributed by atoms with Gasteiger partial charge in [-0.3, -0.25) is 14.1 Å². The SMILES string of the molecule is COC(=O)C1(C)C[CH-]CC(C(=O)OS(=O)(=O)O)C1.[Na+]. The van der Waals surface area contributed by atoms with Crippen LogP contribution in [0, 0.1) is 17.8 Å². The van der Waals surface area contributed by atoms with Crippen molar-refractivity contribution in [2.45, 2.75) is 26.2 Å². The third-order valence-electron chi connectivity index (χ3n) is 2.94. The van der Waals surface area contributed by atoms with E-state index in [0.29, 0.717) is 12.8 Å². The fourth-order valence-electron chi connectivity index (χ4n) is 2.08. The van der Waals surface area contributed by atoms with Gasteiger partial charge in [0.25, 0.3) is 0 Å². The third-order valence-corrected chi connectivity index (χ3v) is 3.32. The van der Waals surface area contributed by atoms with Crippen LogP contribution in [-0.2, 0) is 28.9 Å². The maximum atomic E-state index is 11.6. The van der Waals surface area contributed by atoms with Crippen LogP contribution in [0.4, 0.5) is 0 Å². The van der Waals surface area contributed by atoms with E-state index in [-0.39, 0.29) is 36.0 Å². The minimum absolute atomic E-state index is 0. The molecule has 0 amide bonds. The molecule has 9 heteroatoms. The van der Waals surface area contributed by atoms with Crippen LogP contribution in [0.15, 0.2) is 0 Å². The molecule has 0 heterocycles. The molecule has 1 aliphatic carbocycles. The van der Waals surface area contributed by atoms with Crippen LogP contribution in [0.25, 0.3) is 0 Å². The fourth-order valence-corrected chi connectivity index (χ4v) is 2.42. The number of ether oxygens (including phenoxy) is 1. The van der Waals surface area contributed by atoms with E-state index < -0.39 is 33.7 Å². The van der Waals surface area contributed by atoms with E-state index in [9.17, 15) is 18.0 Å².